The first-order valence-corrected chi connectivity index (χ1v) is 10.3. The molecular formula is C18H11N13OS. The fraction of sp³-hybridized carbons (Fsp3) is 0.0556. The molecule has 0 aliphatic carbocycles. The quantitative estimate of drug-likeness (QED) is 0.400. The number of aromatic nitrogens is 11. The second-order valence-electron chi connectivity index (χ2n) is 6.54. The van der Waals surface area contributed by atoms with Crippen molar-refractivity contribution in [2.24, 2.45) is 4.99 Å². The van der Waals surface area contributed by atoms with Crippen molar-refractivity contribution in [3.63, 3.8) is 0 Å². The van der Waals surface area contributed by atoms with Crippen LogP contribution in [0.1, 0.15) is 28.3 Å². The van der Waals surface area contributed by atoms with Gasteiger partial charge in [0.15, 0.2) is 22.9 Å². The molecule has 0 aromatic carbocycles. The van der Waals surface area contributed by atoms with Crippen molar-refractivity contribution < 1.29 is 4.52 Å². The smallest absolute Gasteiger partial charge is 0.198 e. The molecule has 5 aromatic heterocycles. The van der Waals surface area contributed by atoms with Gasteiger partial charge < -0.3 is 9.42 Å². The average molecular weight is 457 g/mol. The predicted molar refractivity (Wildman–Crippen MR) is 113 cm³/mol. The number of nitrogens with zero attached hydrogens (tertiary/aromatic N) is 12. The standard InChI is InChI=1S/C18H11N13OS/c1-3-10(25-21-6-1)13-16(17-19-4-2-5-20-17)31(12-8-32-30-27-12)15(11-7-22-29-26-11)14(24-13)18-28-23-9-33-18/h1-9,16H,(H,22,26,29). The first kappa shape index (κ1) is 18.9. The number of H-pyrrole nitrogens is 1. The number of aliphatic imine (C=N–C) groups is 1. The van der Waals surface area contributed by atoms with E-state index in [4.69, 9.17) is 9.52 Å². The molecule has 33 heavy (non-hydrogen) atoms. The molecule has 160 valence electrons. The minimum Gasteiger partial charge on any atom is -0.343 e. The van der Waals surface area contributed by atoms with E-state index in [0.717, 1.165) is 0 Å². The van der Waals surface area contributed by atoms with Crippen LogP contribution in [0.2, 0.25) is 0 Å². The zero-order chi connectivity index (χ0) is 22.0. The van der Waals surface area contributed by atoms with E-state index in [9.17, 15) is 0 Å². The van der Waals surface area contributed by atoms with Crippen LogP contribution in [-0.4, -0.2) is 61.9 Å². The topological polar surface area (TPSA) is 173 Å². The summed E-state index contributed by atoms with van der Waals surface area (Å²) in [5.74, 6) is 0.825. The fourth-order valence-electron chi connectivity index (χ4n) is 3.42. The number of aromatic amines is 1. The monoisotopic (exact) mass is 457 g/mol. The van der Waals surface area contributed by atoms with Gasteiger partial charge >= 0.3 is 0 Å². The first-order valence-electron chi connectivity index (χ1n) is 9.47. The second-order valence-corrected chi connectivity index (χ2v) is 7.38. The molecule has 6 rings (SSSR count). The summed E-state index contributed by atoms with van der Waals surface area (Å²) < 4.78 is 5.08. The third-order valence-electron chi connectivity index (χ3n) is 4.70. The van der Waals surface area contributed by atoms with Crippen LogP contribution in [0.15, 0.2) is 64.3 Å². The Labute approximate surface area is 188 Å². The highest BCUT2D eigenvalue weighted by molar-refractivity contribution is 7.10. The van der Waals surface area contributed by atoms with E-state index < -0.39 is 6.04 Å². The highest BCUT2D eigenvalue weighted by Gasteiger charge is 2.41. The summed E-state index contributed by atoms with van der Waals surface area (Å²) in [6.45, 7) is 0. The average Bonchev–Trinajstić information content (AvgIpc) is 3.67. The lowest BCUT2D eigenvalue weighted by atomic mass is 10.00. The minimum absolute atomic E-state index is 0.378. The molecule has 0 bridgehead atoms. The van der Waals surface area contributed by atoms with Gasteiger partial charge in [-0.3, -0.25) is 0 Å². The maximum Gasteiger partial charge on any atom is 0.198 e. The summed E-state index contributed by atoms with van der Waals surface area (Å²) in [6, 6.07) is 4.64. The van der Waals surface area contributed by atoms with Crippen LogP contribution in [0.25, 0.3) is 11.4 Å². The summed E-state index contributed by atoms with van der Waals surface area (Å²) in [6.07, 6.45) is 7.86. The van der Waals surface area contributed by atoms with E-state index in [0.29, 0.717) is 45.1 Å². The largest absolute Gasteiger partial charge is 0.343 e. The van der Waals surface area contributed by atoms with Crippen LogP contribution in [-0.2, 0) is 0 Å². The lowest BCUT2D eigenvalue weighted by Crippen LogP contribution is -2.38. The molecule has 0 radical (unpaired) electrons. The molecule has 0 fully saturated rings. The highest BCUT2D eigenvalue weighted by atomic mass is 32.1. The number of nitrogens with one attached hydrogen (secondary N) is 1. The van der Waals surface area contributed by atoms with Crippen LogP contribution in [0.3, 0.4) is 0 Å². The Bertz CT molecular complexity index is 1400. The van der Waals surface area contributed by atoms with Gasteiger partial charge in [-0.2, -0.15) is 20.5 Å². The van der Waals surface area contributed by atoms with E-state index in [1.54, 1.807) is 48.5 Å². The first-order chi connectivity index (χ1) is 16.4. The zero-order valence-electron chi connectivity index (χ0n) is 16.5. The Balaban J connectivity index is 1.70. The van der Waals surface area contributed by atoms with Crippen LogP contribution in [0.4, 0.5) is 5.82 Å². The fourth-order valence-corrected chi connectivity index (χ4v) is 3.96. The van der Waals surface area contributed by atoms with Crippen molar-refractivity contribution in [1.29, 1.82) is 0 Å². The van der Waals surface area contributed by atoms with Gasteiger partial charge in [-0.15, -0.1) is 15.3 Å². The minimum atomic E-state index is -0.668. The van der Waals surface area contributed by atoms with E-state index in [-0.39, 0.29) is 0 Å². The molecule has 0 saturated heterocycles. The number of hydrogen-bond donors (Lipinski definition) is 1. The number of rotatable bonds is 5. The van der Waals surface area contributed by atoms with Crippen molar-refractivity contribution in [2.75, 3.05) is 4.90 Å². The number of anilines is 1. The Morgan fingerprint density at radius 2 is 1.94 bits per heavy atom. The summed E-state index contributed by atoms with van der Waals surface area (Å²) in [4.78, 5) is 15.8. The Morgan fingerprint density at radius 1 is 1.00 bits per heavy atom. The van der Waals surface area contributed by atoms with Crippen LogP contribution in [0.5, 0.6) is 0 Å². The van der Waals surface area contributed by atoms with Gasteiger partial charge in [0.1, 0.15) is 34.3 Å². The van der Waals surface area contributed by atoms with Gasteiger partial charge in [0.05, 0.1) is 11.9 Å². The summed E-state index contributed by atoms with van der Waals surface area (Å²) in [5.41, 5.74) is 4.19. The van der Waals surface area contributed by atoms with Crippen LogP contribution >= 0.6 is 11.3 Å². The molecule has 1 N–H and O–H groups in total. The molecule has 1 aliphatic heterocycles. The Kier molecular flexibility index (Phi) is 4.62. The van der Waals surface area contributed by atoms with Crippen LogP contribution < -0.4 is 4.90 Å². The lowest BCUT2D eigenvalue weighted by Gasteiger charge is -2.35. The number of hydrogen-bond acceptors (Lipinski definition) is 14. The van der Waals surface area contributed by atoms with Crippen molar-refractivity contribution in [3.8, 4) is 0 Å². The highest BCUT2D eigenvalue weighted by Crippen LogP contribution is 2.43. The molecule has 14 nitrogen and oxygen atoms in total. The van der Waals surface area contributed by atoms with E-state index in [1.165, 1.54) is 17.6 Å². The van der Waals surface area contributed by atoms with Gasteiger partial charge in [0.25, 0.3) is 0 Å². The van der Waals surface area contributed by atoms with Gasteiger partial charge in [0, 0.05) is 23.9 Å². The van der Waals surface area contributed by atoms with Crippen molar-refractivity contribution >= 4 is 34.3 Å². The Morgan fingerprint density at radius 3 is 2.64 bits per heavy atom. The molecule has 0 amide bonds. The third-order valence-corrected chi connectivity index (χ3v) is 5.39. The van der Waals surface area contributed by atoms with E-state index in [1.807, 2.05) is 4.90 Å². The molecule has 1 atom stereocenters. The predicted octanol–water partition coefficient (Wildman–Crippen LogP) is 1.20. The van der Waals surface area contributed by atoms with Gasteiger partial charge in [-0.05, 0) is 18.2 Å². The summed E-state index contributed by atoms with van der Waals surface area (Å²) in [7, 11) is 0. The summed E-state index contributed by atoms with van der Waals surface area (Å²) in [5, 5.41) is 35.8. The maximum absolute atomic E-state index is 5.08. The van der Waals surface area contributed by atoms with Gasteiger partial charge in [0.2, 0.25) is 0 Å². The van der Waals surface area contributed by atoms with Gasteiger partial charge in [-0.1, -0.05) is 16.4 Å². The van der Waals surface area contributed by atoms with Crippen molar-refractivity contribution in [1.82, 2.24) is 56.1 Å². The molecule has 0 saturated carbocycles. The van der Waals surface area contributed by atoms with Gasteiger partial charge in [-0.25, -0.2) is 15.0 Å². The van der Waals surface area contributed by atoms with Crippen molar-refractivity contribution in [3.05, 3.63) is 77.0 Å². The van der Waals surface area contributed by atoms with E-state index >= 15 is 0 Å². The molecule has 1 aliphatic rings. The molecule has 6 heterocycles. The zero-order valence-corrected chi connectivity index (χ0v) is 17.3. The normalized spacial score (nSPS) is 16.2. The maximum atomic E-state index is 5.08. The molecule has 0 spiro atoms. The van der Waals surface area contributed by atoms with Crippen molar-refractivity contribution in [2.45, 2.75) is 6.04 Å². The molecule has 15 heteroatoms. The molecular weight excluding hydrogens is 446 g/mol. The third kappa shape index (κ3) is 3.32. The SMILES string of the molecule is c1cnc(C2C(c3cccnn3)=NC(c3nncs3)=C(c3cn[nH]n3)N2c2conn2)nc1. The Hall–Kier alpha value is -4.79. The summed E-state index contributed by atoms with van der Waals surface area (Å²) >= 11 is 1.33. The van der Waals surface area contributed by atoms with E-state index in [2.05, 4.69) is 56.1 Å². The molecule has 1 unspecified atom stereocenters. The lowest BCUT2D eigenvalue weighted by molar-refractivity contribution is 0.393. The van der Waals surface area contributed by atoms with Crippen LogP contribution in [0, 0.1) is 0 Å². The second kappa shape index (κ2) is 8.04. The molecule has 5 aromatic rings.